The zero-order chi connectivity index (χ0) is 10.5. The van der Waals surface area contributed by atoms with Crippen LogP contribution in [0.15, 0.2) is 0 Å². The minimum Gasteiger partial charge on any atom is -0.331 e. The van der Waals surface area contributed by atoms with Gasteiger partial charge in [0.1, 0.15) is 0 Å². The van der Waals surface area contributed by atoms with Gasteiger partial charge in [-0.2, -0.15) is 0 Å². The largest absolute Gasteiger partial charge is 0.331 e. The number of amides is 2. The maximum absolute atomic E-state index is 11.4. The number of nitrogens with zero attached hydrogens (tertiary/aromatic N) is 1. The molecule has 0 rings (SSSR count). The molecule has 78 valence electrons. The third-order valence-electron chi connectivity index (χ3n) is 2.52. The van der Waals surface area contributed by atoms with Crippen LogP contribution in [0.4, 0.5) is 4.79 Å². The highest BCUT2D eigenvalue weighted by Crippen LogP contribution is 2.13. The molecular formula is C9H21N3O. The van der Waals surface area contributed by atoms with E-state index in [0.29, 0.717) is 6.54 Å². The molecule has 0 aromatic rings. The van der Waals surface area contributed by atoms with E-state index in [1.54, 1.807) is 14.1 Å². The van der Waals surface area contributed by atoms with Crippen molar-refractivity contribution >= 4 is 6.03 Å². The summed E-state index contributed by atoms with van der Waals surface area (Å²) >= 11 is 0. The number of urea groups is 1. The summed E-state index contributed by atoms with van der Waals surface area (Å²) in [5.74, 6) is 0. The molecule has 0 aliphatic carbocycles. The van der Waals surface area contributed by atoms with Crippen molar-refractivity contribution in [1.29, 1.82) is 0 Å². The lowest BCUT2D eigenvalue weighted by Gasteiger charge is -2.32. The van der Waals surface area contributed by atoms with Crippen molar-refractivity contribution in [1.82, 2.24) is 10.2 Å². The zero-order valence-electron chi connectivity index (χ0n) is 9.05. The SMILES string of the molecule is CCC(CC)(CN)NC(=O)N(C)C. The molecule has 0 radical (unpaired) electrons. The molecule has 0 aliphatic heterocycles. The summed E-state index contributed by atoms with van der Waals surface area (Å²) in [6, 6.07) is -0.0749. The maximum Gasteiger partial charge on any atom is 0.317 e. The average molecular weight is 187 g/mol. The topological polar surface area (TPSA) is 58.4 Å². The maximum atomic E-state index is 11.4. The van der Waals surface area contributed by atoms with Crippen LogP contribution in [-0.4, -0.2) is 37.1 Å². The van der Waals surface area contributed by atoms with Crippen molar-refractivity contribution in [3.63, 3.8) is 0 Å². The Labute approximate surface area is 80.5 Å². The van der Waals surface area contributed by atoms with Crippen molar-refractivity contribution in [3.05, 3.63) is 0 Å². The van der Waals surface area contributed by atoms with E-state index in [1.165, 1.54) is 4.90 Å². The lowest BCUT2D eigenvalue weighted by molar-refractivity contribution is 0.198. The predicted molar refractivity (Wildman–Crippen MR) is 54.6 cm³/mol. The molecule has 4 heteroatoms. The number of nitrogens with two attached hydrogens (primary N) is 1. The highest BCUT2D eigenvalue weighted by Gasteiger charge is 2.26. The van der Waals surface area contributed by atoms with Crippen LogP contribution in [0, 0.1) is 0 Å². The monoisotopic (exact) mass is 187 g/mol. The van der Waals surface area contributed by atoms with Gasteiger partial charge in [-0.1, -0.05) is 13.8 Å². The number of hydrogen-bond acceptors (Lipinski definition) is 2. The summed E-state index contributed by atoms with van der Waals surface area (Å²) in [4.78, 5) is 12.9. The van der Waals surface area contributed by atoms with Crippen molar-refractivity contribution in [2.24, 2.45) is 5.73 Å². The average Bonchev–Trinajstić information content (AvgIpc) is 2.14. The highest BCUT2D eigenvalue weighted by atomic mass is 16.2. The van der Waals surface area contributed by atoms with Gasteiger partial charge in [0.25, 0.3) is 0 Å². The van der Waals surface area contributed by atoms with Crippen molar-refractivity contribution in [2.45, 2.75) is 32.2 Å². The molecule has 0 unspecified atom stereocenters. The van der Waals surface area contributed by atoms with Crippen LogP contribution in [0.1, 0.15) is 26.7 Å². The number of rotatable bonds is 4. The van der Waals surface area contributed by atoms with Gasteiger partial charge >= 0.3 is 6.03 Å². The summed E-state index contributed by atoms with van der Waals surface area (Å²) in [5.41, 5.74) is 5.41. The lowest BCUT2D eigenvalue weighted by atomic mass is 9.93. The summed E-state index contributed by atoms with van der Waals surface area (Å²) in [7, 11) is 3.45. The first-order valence-electron chi connectivity index (χ1n) is 4.71. The number of nitrogens with one attached hydrogen (secondary N) is 1. The second-order valence-corrected chi connectivity index (χ2v) is 3.52. The van der Waals surface area contributed by atoms with Gasteiger partial charge < -0.3 is 16.0 Å². The smallest absolute Gasteiger partial charge is 0.317 e. The van der Waals surface area contributed by atoms with E-state index in [9.17, 15) is 4.79 Å². The Balaban J connectivity index is 4.33. The second kappa shape index (κ2) is 5.07. The molecular weight excluding hydrogens is 166 g/mol. The Kier molecular flexibility index (Phi) is 4.77. The fraction of sp³-hybridized carbons (Fsp3) is 0.889. The first kappa shape index (κ1) is 12.2. The van der Waals surface area contributed by atoms with Gasteiger partial charge in [0.2, 0.25) is 0 Å². The summed E-state index contributed by atoms with van der Waals surface area (Å²) in [5, 5.41) is 2.94. The molecule has 13 heavy (non-hydrogen) atoms. The molecule has 0 saturated carbocycles. The minimum absolute atomic E-state index is 0.0749. The van der Waals surface area contributed by atoms with Crippen LogP contribution in [0.25, 0.3) is 0 Å². The van der Waals surface area contributed by atoms with E-state index >= 15 is 0 Å². The third kappa shape index (κ3) is 3.22. The second-order valence-electron chi connectivity index (χ2n) is 3.52. The van der Waals surface area contributed by atoms with Crippen LogP contribution in [0.2, 0.25) is 0 Å². The fourth-order valence-electron chi connectivity index (χ4n) is 1.11. The van der Waals surface area contributed by atoms with Gasteiger partial charge in [-0.25, -0.2) is 4.79 Å². The molecule has 0 aliphatic rings. The number of carbonyl (C=O) groups excluding carboxylic acids is 1. The lowest BCUT2D eigenvalue weighted by Crippen LogP contribution is -2.55. The highest BCUT2D eigenvalue weighted by molar-refractivity contribution is 5.74. The van der Waals surface area contributed by atoms with Gasteiger partial charge in [0, 0.05) is 20.6 Å². The van der Waals surface area contributed by atoms with E-state index in [1.807, 2.05) is 13.8 Å². The number of hydrogen-bond donors (Lipinski definition) is 2. The van der Waals surface area contributed by atoms with E-state index < -0.39 is 0 Å². The number of carbonyl (C=O) groups is 1. The predicted octanol–water partition coefficient (Wildman–Crippen LogP) is 0.775. The van der Waals surface area contributed by atoms with Crippen molar-refractivity contribution in [2.75, 3.05) is 20.6 Å². The van der Waals surface area contributed by atoms with Crippen LogP contribution < -0.4 is 11.1 Å². The fourth-order valence-corrected chi connectivity index (χ4v) is 1.11. The van der Waals surface area contributed by atoms with Crippen molar-refractivity contribution < 1.29 is 4.79 Å². The van der Waals surface area contributed by atoms with Gasteiger partial charge in [-0.15, -0.1) is 0 Å². The van der Waals surface area contributed by atoms with Crippen LogP contribution in [-0.2, 0) is 0 Å². The zero-order valence-corrected chi connectivity index (χ0v) is 9.05. The molecule has 0 aromatic carbocycles. The molecule has 0 bridgehead atoms. The molecule has 4 nitrogen and oxygen atoms in total. The Hall–Kier alpha value is -0.770. The Morgan fingerprint density at radius 2 is 1.85 bits per heavy atom. The van der Waals surface area contributed by atoms with Crippen molar-refractivity contribution in [3.8, 4) is 0 Å². The quantitative estimate of drug-likeness (QED) is 0.683. The molecule has 0 fully saturated rings. The van der Waals surface area contributed by atoms with E-state index in [-0.39, 0.29) is 11.6 Å². The van der Waals surface area contributed by atoms with E-state index in [4.69, 9.17) is 5.73 Å². The van der Waals surface area contributed by atoms with Gasteiger partial charge in [-0.3, -0.25) is 0 Å². The Morgan fingerprint density at radius 1 is 1.38 bits per heavy atom. The summed E-state index contributed by atoms with van der Waals surface area (Å²) in [6.07, 6.45) is 1.72. The molecule has 0 spiro atoms. The summed E-state index contributed by atoms with van der Waals surface area (Å²) < 4.78 is 0. The van der Waals surface area contributed by atoms with Gasteiger partial charge in [-0.05, 0) is 12.8 Å². The molecule has 0 atom stereocenters. The molecule has 2 amide bonds. The Bertz CT molecular complexity index is 156. The summed E-state index contributed by atoms with van der Waals surface area (Å²) in [6.45, 7) is 4.55. The van der Waals surface area contributed by atoms with Crippen LogP contribution in [0.3, 0.4) is 0 Å². The molecule has 0 aromatic heterocycles. The van der Waals surface area contributed by atoms with Crippen LogP contribution in [0.5, 0.6) is 0 Å². The van der Waals surface area contributed by atoms with Crippen LogP contribution >= 0.6 is 0 Å². The molecule has 0 heterocycles. The Morgan fingerprint density at radius 3 is 2.08 bits per heavy atom. The van der Waals surface area contributed by atoms with Gasteiger partial charge in [0.15, 0.2) is 0 Å². The van der Waals surface area contributed by atoms with E-state index in [2.05, 4.69) is 5.32 Å². The minimum atomic E-state index is -0.235. The first-order chi connectivity index (χ1) is 6.01. The first-order valence-corrected chi connectivity index (χ1v) is 4.71. The standard InChI is InChI=1S/C9H21N3O/c1-5-9(6-2,7-10)11-8(13)12(3)4/h5-7,10H2,1-4H3,(H,11,13). The third-order valence-corrected chi connectivity index (χ3v) is 2.52. The van der Waals surface area contributed by atoms with Gasteiger partial charge in [0.05, 0.1) is 5.54 Å². The normalized spacial score (nSPS) is 11.2. The molecule has 3 N–H and O–H groups in total. The molecule has 0 saturated heterocycles. The van der Waals surface area contributed by atoms with E-state index in [0.717, 1.165) is 12.8 Å².